The van der Waals surface area contributed by atoms with Crippen LogP contribution >= 0.6 is 0 Å². The fourth-order valence-electron chi connectivity index (χ4n) is 2.42. The van der Waals surface area contributed by atoms with Crippen molar-refractivity contribution in [3.8, 4) is 6.07 Å². The molecule has 112 valence electrons. The van der Waals surface area contributed by atoms with Gasteiger partial charge >= 0.3 is 0 Å². The highest BCUT2D eigenvalue weighted by atomic mass is 16.2. The van der Waals surface area contributed by atoms with Crippen LogP contribution in [0.4, 0.5) is 5.69 Å². The summed E-state index contributed by atoms with van der Waals surface area (Å²) < 4.78 is 0. The maximum atomic E-state index is 12.1. The molecule has 2 N–H and O–H groups in total. The van der Waals surface area contributed by atoms with E-state index in [1.807, 2.05) is 23.1 Å². The van der Waals surface area contributed by atoms with Crippen molar-refractivity contribution >= 4 is 11.6 Å². The highest BCUT2D eigenvalue weighted by molar-refractivity contribution is 5.92. The third kappa shape index (κ3) is 4.28. The lowest BCUT2D eigenvalue weighted by Crippen LogP contribution is -2.52. The fourth-order valence-corrected chi connectivity index (χ4v) is 2.42. The Kier molecular flexibility index (Phi) is 5.32. The zero-order chi connectivity index (χ0) is 15.2. The van der Waals surface area contributed by atoms with Crippen LogP contribution < -0.4 is 10.6 Å². The van der Waals surface area contributed by atoms with E-state index in [4.69, 9.17) is 5.26 Å². The second kappa shape index (κ2) is 7.21. The minimum absolute atomic E-state index is 0.0712. The van der Waals surface area contributed by atoms with Gasteiger partial charge in [-0.05, 0) is 23.6 Å². The van der Waals surface area contributed by atoms with Gasteiger partial charge in [0, 0.05) is 25.3 Å². The standard InChI is InChI=1S/C16H22N4O/c1-12(2)13-4-3-5-14(8-13)19-16(21)11-20-7-6-18-10-15(20)9-17/h3-5,8,12,15,18H,6-7,10-11H2,1-2H3,(H,19,21). The van der Waals surface area contributed by atoms with Gasteiger partial charge in [-0.1, -0.05) is 26.0 Å². The number of benzene rings is 1. The van der Waals surface area contributed by atoms with E-state index < -0.39 is 0 Å². The highest BCUT2D eigenvalue weighted by Crippen LogP contribution is 2.18. The van der Waals surface area contributed by atoms with Gasteiger partial charge in [0.25, 0.3) is 0 Å². The molecule has 0 aliphatic carbocycles. The Hall–Kier alpha value is -1.90. The van der Waals surface area contributed by atoms with Gasteiger partial charge in [-0.15, -0.1) is 0 Å². The molecule has 1 fully saturated rings. The summed E-state index contributed by atoms with van der Waals surface area (Å²) in [5, 5.41) is 15.2. The average Bonchev–Trinajstić information content (AvgIpc) is 2.48. The summed E-state index contributed by atoms with van der Waals surface area (Å²) in [6.07, 6.45) is 0. The molecule has 1 aliphatic heterocycles. The number of hydrogen-bond acceptors (Lipinski definition) is 4. The SMILES string of the molecule is CC(C)c1cccc(NC(=O)CN2CCNCC2C#N)c1. The molecule has 21 heavy (non-hydrogen) atoms. The fraction of sp³-hybridized carbons (Fsp3) is 0.500. The Morgan fingerprint density at radius 3 is 3.10 bits per heavy atom. The molecule has 0 radical (unpaired) electrons. The Labute approximate surface area is 125 Å². The number of hydrogen-bond donors (Lipinski definition) is 2. The topological polar surface area (TPSA) is 68.2 Å². The average molecular weight is 286 g/mol. The molecule has 1 saturated heterocycles. The maximum absolute atomic E-state index is 12.1. The predicted molar refractivity (Wildman–Crippen MR) is 83.0 cm³/mol. The number of carbonyl (C=O) groups excluding carboxylic acids is 1. The van der Waals surface area contributed by atoms with Crippen LogP contribution in [0.15, 0.2) is 24.3 Å². The van der Waals surface area contributed by atoms with Crippen molar-refractivity contribution in [2.75, 3.05) is 31.5 Å². The van der Waals surface area contributed by atoms with Gasteiger partial charge in [0.2, 0.25) is 5.91 Å². The van der Waals surface area contributed by atoms with Crippen LogP contribution in [0.25, 0.3) is 0 Å². The van der Waals surface area contributed by atoms with Crippen LogP contribution in [0.3, 0.4) is 0 Å². The van der Waals surface area contributed by atoms with Gasteiger partial charge in [-0.25, -0.2) is 0 Å². The number of nitrogens with zero attached hydrogens (tertiary/aromatic N) is 2. The molecule has 1 aliphatic rings. The first-order valence-electron chi connectivity index (χ1n) is 7.34. The molecule has 0 aromatic heterocycles. The largest absolute Gasteiger partial charge is 0.325 e. The third-order valence-corrected chi connectivity index (χ3v) is 3.69. The normalized spacial score (nSPS) is 19.2. The third-order valence-electron chi connectivity index (χ3n) is 3.69. The van der Waals surface area contributed by atoms with Crippen molar-refractivity contribution in [3.05, 3.63) is 29.8 Å². The summed E-state index contributed by atoms with van der Waals surface area (Å²) in [5.74, 6) is 0.357. The molecular formula is C16H22N4O. The number of piperazine rings is 1. The van der Waals surface area contributed by atoms with Crippen LogP contribution in [0.1, 0.15) is 25.3 Å². The number of anilines is 1. The van der Waals surface area contributed by atoms with Crippen molar-refractivity contribution in [3.63, 3.8) is 0 Å². The first kappa shape index (κ1) is 15.5. The van der Waals surface area contributed by atoms with Crippen molar-refractivity contribution < 1.29 is 4.79 Å². The quantitative estimate of drug-likeness (QED) is 0.881. The summed E-state index contributed by atoms with van der Waals surface area (Å²) in [4.78, 5) is 14.1. The van der Waals surface area contributed by atoms with E-state index in [2.05, 4.69) is 36.6 Å². The van der Waals surface area contributed by atoms with E-state index in [9.17, 15) is 4.79 Å². The van der Waals surface area contributed by atoms with Crippen LogP contribution in [-0.2, 0) is 4.79 Å². The smallest absolute Gasteiger partial charge is 0.238 e. The minimum atomic E-state index is -0.230. The lowest BCUT2D eigenvalue weighted by molar-refractivity contribution is -0.117. The summed E-state index contributed by atoms with van der Waals surface area (Å²) in [6, 6.07) is 9.90. The van der Waals surface area contributed by atoms with Crippen LogP contribution in [0.2, 0.25) is 0 Å². The molecule has 0 saturated carbocycles. The van der Waals surface area contributed by atoms with Gasteiger partial charge in [0.05, 0.1) is 12.6 Å². The van der Waals surface area contributed by atoms with E-state index in [1.54, 1.807) is 0 Å². The van der Waals surface area contributed by atoms with E-state index in [0.29, 0.717) is 12.5 Å². The second-order valence-corrected chi connectivity index (χ2v) is 5.65. The summed E-state index contributed by atoms with van der Waals surface area (Å²) in [5.41, 5.74) is 2.01. The Morgan fingerprint density at radius 1 is 1.57 bits per heavy atom. The van der Waals surface area contributed by atoms with Crippen LogP contribution in [-0.4, -0.2) is 43.0 Å². The van der Waals surface area contributed by atoms with Gasteiger partial charge < -0.3 is 10.6 Å². The predicted octanol–water partition coefficient (Wildman–Crippen LogP) is 1.55. The van der Waals surface area contributed by atoms with Gasteiger partial charge in [0.15, 0.2) is 0 Å². The molecule has 5 nitrogen and oxygen atoms in total. The number of carbonyl (C=O) groups is 1. The minimum Gasteiger partial charge on any atom is -0.325 e. The monoisotopic (exact) mass is 286 g/mol. The Bertz CT molecular complexity index is 535. The first-order valence-corrected chi connectivity index (χ1v) is 7.34. The molecular weight excluding hydrogens is 264 g/mol. The van der Waals surface area contributed by atoms with Gasteiger partial charge in [0.1, 0.15) is 6.04 Å². The lowest BCUT2D eigenvalue weighted by atomic mass is 10.0. The Morgan fingerprint density at radius 2 is 2.38 bits per heavy atom. The van der Waals surface area contributed by atoms with Crippen molar-refractivity contribution in [1.29, 1.82) is 5.26 Å². The first-order chi connectivity index (χ1) is 10.1. The van der Waals surface area contributed by atoms with Gasteiger partial charge in [-0.2, -0.15) is 5.26 Å². The lowest BCUT2D eigenvalue weighted by Gasteiger charge is -2.31. The van der Waals surface area contributed by atoms with E-state index in [1.165, 1.54) is 5.56 Å². The van der Waals surface area contributed by atoms with Crippen molar-refractivity contribution in [2.45, 2.75) is 25.8 Å². The molecule has 1 aromatic carbocycles. The van der Waals surface area contributed by atoms with E-state index >= 15 is 0 Å². The highest BCUT2D eigenvalue weighted by Gasteiger charge is 2.23. The number of nitrogens with one attached hydrogen (secondary N) is 2. The summed E-state index contributed by atoms with van der Waals surface area (Å²) >= 11 is 0. The van der Waals surface area contributed by atoms with Crippen molar-refractivity contribution in [1.82, 2.24) is 10.2 Å². The second-order valence-electron chi connectivity index (χ2n) is 5.65. The zero-order valence-corrected chi connectivity index (χ0v) is 12.6. The van der Waals surface area contributed by atoms with Crippen LogP contribution in [0.5, 0.6) is 0 Å². The molecule has 1 atom stereocenters. The molecule has 1 aromatic rings. The molecule has 0 bridgehead atoms. The summed E-state index contributed by atoms with van der Waals surface area (Å²) in [6.45, 7) is 6.66. The number of rotatable bonds is 4. The maximum Gasteiger partial charge on any atom is 0.238 e. The number of amides is 1. The molecule has 1 heterocycles. The zero-order valence-electron chi connectivity index (χ0n) is 12.6. The molecule has 0 spiro atoms. The van der Waals surface area contributed by atoms with Crippen LogP contribution in [0, 0.1) is 11.3 Å². The molecule has 2 rings (SSSR count). The number of nitriles is 1. The molecule has 1 amide bonds. The van der Waals surface area contributed by atoms with E-state index in [0.717, 1.165) is 18.8 Å². The summed E-state index contributed by atoms with van der Waals surface area (Å²) in [7, 11) is 0. The molecule has 1 unspecified atom stereocenters. The molecule has 5 heteroatoms. The Balaban J connectivity index is 1.95. The van der Waals surface area contributed by atoms with Crippen molar-refractivity contribution in [2.24, 2.45) is 0 Å². The van der Waals surface area contributed by atoms with E-state index in [-0.39, 0.29) is 18.5 Å². The van der Waals surface area contributed by atoms with Gasteiger partial charge in [-0.3, -0.25) is 9.69 Å².